The van der Waals surface area contributed by atoms with Gasteiger partial charge in [0.15, 0.2) is 0 Å². The largest absolute Gasteiger partial charge is 0.375 e. The van der Waals surface area contributed by atoms with Crippen molar-refractivity contribution in [2.45, 2.75) is 45.4 Å². The molecule has 0 aromatic carbocycles. The lowest BCUT2D eigenvalue weighted by atomic mass is 10.1. The monoisotopic (exact) mass is 365 g/mol. The number of amides is 1. The van der Waals surface area contributed by atoms with E-state index in [1.807, 2.05) is 16.2 Å². The molecule has 5 nitrogen and oxygen atoms in total. The Morgan fingerprint density at radius 2 is 2.16 bits per heavy atom. The van der Waals surface area contributed by atoms with Crippen molar-refractivity contribution in [1.29, 1.82) is 0 Å². The number of hydrogen-bond acceptors (Lipinski definition) is 5. The molecule has 1 aromatic rings. The fraction of sp³-hybridized carbons (Fsp3) is 0.737. The van der Waals surface area contributed by atoms with Crippen molar-refractivity contribution in [3.63, 3.8) is 0 Å². The third-order valence-corrected chi connectivity index (χ3v) is 6.06. The van der Waals surface area contributed by atoms with E-state index in [0.717, 1.165) is 58.8 Å². The van der Waals surface area contributed by atoms with Crippen LogP contribution in [0.25, 0.3) is 0 Å². The van der Waals surface area contributed by atoms with Crippen LogP contribution in [0.1, 0.15) is 31.6 Å². The topological polar surface area (TPSA) is 36.0 Å². The van der Waals surface area contributed by atoms with Gasteiger partial charge in [0, 0.05) is 56.7 Å². The van der Waals surface area contributed by atoms with Crippen molar-refractivity contribution >= 4 is 17.2 Å². The molecule has 25 heavy (non-hydrogen) atoms. The molecule has 2 fully saturated rings. The van der Waals surface area contributed by atoms with Gasteiger partial charge in [0.1, 0.15) is 0 Å². The molecule has 1 unspecified atom stereocenters. The molecule has 3 rings (SSSR count). The van der Waals surface area contributed by atoms with Crippen LogP contribution in [-0.2, 0) is 16.1 Å². The van der Waals surface area contributed by atoms with E-state index in [1.54, 1.807) is 0 Å². The Bertz CT molecular complexity index is 535. The van der Waals surface area contributed by atoms with Crippen molar-refractivity contribution in [1.82, 2.24) is 14.7 Å². The molecule has 1 atom stereocenters. The molecule has 0 spiro atoms. The lowest BCUT2D eigenvalue weighted by molar-refractivity contribution is -0.136. The van der Waals surface area contributed by atoms with E-state index >= 15 is 0 Å². The van der Waals surface area contributed by atoms with Crippen molar-refractivity contribution in [2.24, 2.45) is 0 Å². The molecule has 6 heteroatoms. The summed E-state index contributed by atoms with van der Waals surface area (Å²) < 4.78 is 5.84. The zero-order chi connectivity index (χ0) is 17.6. The highest BCUT2D eigenvalue weighted by molar-refractivity contribution is 7.09. The van der Waals surface area contributed by atoms with E-state index in [2.05, 4.69) is 41.2 Å². The minimum absolute atomic E-state index is 0.0501. The van der Waals surface area contributed by atoms with Gasteiger partial charge in [-0.2, -0.15) is 0 Å². The molecule has 2 saturated heterocycles. The predicted octanol–water partition coefficient (Wildman–Crippen LogP) is 2.28. The summed E-state index contributed by atoms with van der Waals surface area (Å²) >= 11 is 1.81. The first-order valence-electron chi connectivity index (χ1n) is 9.50. The summed E-state index contributed by atoms with van der Waals surface area (Å²) in [6.45, 7) is 11.8. The van der Waals surface area contributed by atoms with E-state index < -0.39 is 0 Å². The third kappa shape index (κ3) is 5.51. The number of nitrogens with zero attached hydrogens (tertiary/aromatic N) is 3. The van der Waals surface area contributed by atoms with Gasteiger partial charge in [0.25, 0.3) is 0 Å². The van der Waals surface area contributed by atoms with Crippen LogP contribution in [0.15, 0.2) is 17.5 Å². The van der Waals surface area contributed by atoms with Crippen molar-refractivity contribution in [3.05, 3.63) is 22.4 Å². The Labute approximate surface area is 155 Å². The van der Waals surface area contributed by atoms with Crippen LogP contribution < -0.4 is 0 Å². The first kappa shape index (κ1) is 18.8. The second-order valence-electron chi connectivity index (χ2n) is 7.38. The molecule has 0 N–H and O–H groups in total. The van der Waals surface area contributed by atoms with E-state index in [-0.39, 0.29) is 12.0 Å². The maximum atomic E-state index is 12.7. The molecule has 3 heterocycles. The molecule has 0 bridgehead atoms. The number of carbonyl (C=O) groups excluding carboxylic acids is 1. The lowest BCUT2D eigenvalue weighted by Gasteiger charge is -2.36. The van der Waals surface area contributed by atoms with E-state index in [4.69, 9.17) is 4.74 Å². The summed E-state index contributed by atoms with van der Waals surface area (Å²) in [6.07, 6.45) is 1.63. The fourth-order valence-electron chi connectivity index (χ4n) is 3.66. The van der Waals surface area contributed by atoms with E-state index in [0.29, 0.717) is 12.5 Å². The fourth-order valence-corrected chi connectivity index (χ4v) is 4.41. The highest BCUT2D eigenvalue weighted by atomic mass is 32.1. The van der Waals surface area contributed by atoms with Crippen molar-refractivity contribution in [2.75, 3.05) is 45.9 Å². The number of carbonyl (C=O) groups is 1. The summed E-state index contributed by atoms with van der Waals surface area (Å²) in [5.74, 6) is 0.258. The molecule has 140 valence electrons. The summed E-state index contributed by atoms with van der Waals surface area (Å²) in [5.41, 5.74) is 0. The summed E-state index contributed by atoms with van der Waals surface area (Å²) in [6, 6.07) is 4.82. The Kier molecular flexibility index (Phi) is 6.87. The van der Waals surface area contributed by atoms with E-state index in [9.17, 15) is 4.79 Å². The van der Waals surface area contributed by atoms with Gasteiger partial charge in [-0.25, -0.2) is 0 Å². The van der Waals surface area contributed by atoms with Crippen LogP contribution in [-0.4, -0.2) is 78.6 Å². The first-order chi connectivity index (χ1) is 12.1. The van der Waals surface area contributed by atoms with Gasteiger partial charge in [-0.1, -0.05) is 6.07 Å². The molecule has 1 amide bonds. The molecular formula is C19H31N3O2S. The normalized spacial score (nSPS) is 23.8. The maximum Gasteiger partial charge on any atom is 0.225 e. The average Bonchev–Trinajstić information content (AvgIpc) is 2.99. The van der Waals surface area contributed by atoms with Crippen LogP contribution in [0.3, 0.4) is 0 Å². The first-order valence-corrected chi connectivity index (χ1v) is 10.4. The molecule has 2 aliphatic heterocycles. The maximum absolute atomic E-state index is 12.7. The molecule has 0 saturated carbocycles. The van der Waals surface area contributed by atoms with Gasteiger partial charge in [-0.15, -0.1) is 11.3 Å². The van der Waals surface area contributed by atoms with Crippen LogP contribution in [0.2, 0.25) is 0 Å². The quantitative estimate of drug-likeness (QED) is 0.802. The number of ether oxygens (including phenoxy) is 1. The Hall–Kier alpha value is -0.950. The summed E-state index contributed by atoms with van der Waals surface area (Å²) in [7, 11) is 0. The van der Waals surface area contributed by atoms with Gasteiger partial charge < -0.3 is 9.64 Å². The standard InChI is InChI=1S/C19H31N3O2S/c1-16(2)22-10-11-24-17(14-22)13-19(23)21-7-4-6-20(8-9-21)15-18-5-3-12-25-18/h3,5,12,16-17H,4,6-11,13-15H2,1-2H3. The van der Waals surface area contributed by atoms with Crippen LogP contribution in [0.5, 0.6) is 0 Å². The smallest absolute Gasteiger partial charge is 0.225 e. The van der Waals surface area contributed by atoms with Crippen molar-refractivity contribution in [3.8, 4) is 0 Å². The van der Waals surface area contributed by atoms with Gasteiger partial charge in [0.05, 0.1) is 19.1 Å². The SMILES string of the molecule is CC(C)N1CCOC(CC(=O)N2CCCN(Cc3cccs3)CC2)C1. The highest BCUT2D eigenvalue weighted by Crippen LogP contribution is 2.16. The minimum atomic E-state index is 0.0501. The van der Waals surface area contributed by atoms with Crippen LogP contribution in [0.4, 0.5) is 0 Å². The highest BCUT2D eigenvalue weighted by Gasteiger charge is 2.27. The number of morpholine rings is 1. The molecule has 0 radical (unpaired) electrons. The van der Waals surface area contributed by atoms with Crippen LogP contribution >= 0.6 is 11.3 Å². The van der Waals surface area contributed by atoms with Crippen LogP contribution in [0, 0.1) is 0 Å². The molecule has 2 aliphatic rings. The summed E-state index contributed by atoms with van der Waals surface area (Å²) in [5, 5.41) is 2.13. The predicted molar refractivity (Wildman–Crippen MR) is 102 cm³/mol. The Morgan fingerprint density at radius 3 is 2.92 bits per heavy atom. The van der Waals surface area contributed by atoms with E-state index in [1.165, 1.54) is 4.88 Å². The second kappa shape index (κ2) is 9.12. The molecular weight excluding hydrogens is 334 g/mol. The van der Waals surface area contributed by atoms with Gasteiger partial charge in [-0.3, -0.25) is 14.6 Å². The number of thiophene rings is 1. The lowest BCUT2D eigenvalue weighted by Crippen LogP contribution is -2.47. The van der Waals surface area contributed by atoms with Gasteiger partial charge in [-0.05, 0) is 31.7 Å². The van der Waals surface area contributed by atoms with Gasteiger partial charge >= 0.3 is 0 Å². The molecule has 0 aliphatic carbocycles. The number of hydrogen-bond donors (Lipinski definition) is 0. The summed E-state index contributed by atoms with van der Waals surface area (Å²) in [4.78, 5) is 21.1. The second-order valence-corrected chi connectivity index (χ2v) is 8.41. The Morgan fingerprint density at radius 1 is 1.28 bits per heavy atom. The molecule has 1 aromatic heterocycles. The third-order valence-electron chi connectivity index (χ3n) is 5.20. The number of rotatable bonds is 5. The Balaban J connectivity index is 1.46. The zero-order valence-corrected chi connectivity index (χ0v) is 16.3. The zero-order valence-electron chi connectivity index (χ0n) is 15.5. The van der Waals surface area contributed by atoms with Crippen molar-refractivity contribution < 1.29 is 9.53 Å². The average molecular weight is 366 g/mol. The minimum Gasteiger partial charge on any atom is -0.375 e. The van der Waals surface area contributed by atoms with Gasteiger partial charge in [0.2, 0.25) is 5.91 Å².